The number of nitrogens with one attached hydrogen (secondary N) is 1. The van der Waals surface area contributed by atoms with Crippen LogP contribution in [-0.2, 0) is 11.3 Å². The van der Waals surface area contributed by atoms with Crippen LogP contribution >= 0.6 is 0 Å². The predicted molar refractivity (Wildman–Crippen MR) is 63.9 cm³/mol. The molecule has 1 aromatic heterocycles. The third-order valence-corrected chi connectivity index (χ3v) is 2.73. The molecule has 17 heavy (non-hydrogen) atoms. The number of nitrogens with zero attached hydrogens (tertiary/aromatic N) is 3. The van der Waals surface area contributed by atoms with Gasteiger partial charge in [-0.05, 0) is 25.8 Å². The molecule has 6 nitrogen and oxygen atoms in total. The first-order valence-electron chi connectivity index (χ1n) is 6.05. The fourth-order valence-corrected chi connectivity index (χ4v) is 1.45. The van der Waals surface area contributed by atoms with E-state index < -0.39 is 0 Å². The van der Waals surface area contributed by atoms with Crippen LogP contribution in [0.3, 0.4) is 0 Å². The largest absolute Gasteiger partial charge is 0.407 e. The van der Waals surface area contributed by atoms with E-state index in [4.69, 9.17) is 9.15 Å². The Labute approximate surface area is 101 Å². The van der Waals surface area contributed by atoms with E-state index in [0.717, 1.165) is 19.1 Å². The molecule has 0 aromatic carbocycles. The average Bonchev–Trinajstić information content (AvgIpc) is 3.03. The summed E-state index contributed by atoms with van der Waals surface area (Å²) in [6.45, 7) is 2.96. The molecule has 0 spiro atoms. The van der Waals surface area contributed by atoms with Gasteiger partial charge in [0.05, 0.1) is 13.2 Å². The van der Waals surface area contributed by atoms with Crippen LogP contribution in [0.1, 0.15) is 18.7 Å². The summed E-state index contributed by atoms with van der Waals surface area (Å²) in [6.07, 6.45) is 2.65. The highest BCUT2D eigenvalue weighted by Gasteiger charge is 2.21. The zero-order chi connectivity index (χ0) is 12.1. The molecular weight excluding hydrogens is 220 g/mol. The lowest BCUT2D eigenvalue weighted by Crippen LogP contribution is -2.23. The van der Waals surface area contributed by atoms with Gasteiger partial charge in [-0.25, -0.2) is 0 Å². The minimum Gasteiger partial charge on any atom is -0.407 e. The van der Waals surface area contributed by atoms with Crippen molar-refractivity contribution in [3.05, 3.63) is 5.89 Å². The Morgan fingerprint density at radius 3 is 3.00 bits per heavy atom. The number of aromatic nitrogens is 2. The highest BCUT2D eigenvalue weighted by molar-refractivity contribution is 5.21. The molecule has 1 aromatic rings. The van der Waals surface area contributed by atoms with Gasteiger partial charge >= 0.3 is 6.01 Å². The van der Waals surface area contributed by atoms with Gasteiger partial charge in [0.25, 0.3) is 0 Å². The van der Waals surface area contributed by atoms with Crippen LogP contribution < -0.4 is 10.2 Å². The first-order valence-corrected chi connectivity index (χ1v) is 6.05. The Bertz CT molecular complexity index is 338. The first kappa shape index (κ1) is 12.3. The van der Waals surface area contributed by atoms with Crippen LogP contribution in [0.5, 0.6) is 0 Å². The Balaban J connectivity index is 1.67. The molecule has 2 rings (SSSR count). The zero-order valence-electron chi connectivity index (χ0n) is 10.5. The third kappa shape index (κ3) is 3.98. The molecule has 0 bridgehead atoms. The second-order valence-electron chi connectivity index (χ2n) is 4.45. The minimum absolute atomic E-state index is 0.547. The summed E-state index contributed by atoms with van der Waals surface area (Å²) in [5.41, 5.74) is 0. The van der Waals surface area contributed by atoms with Gasteiger partial charge in [-0.15, -0.1) is 5.10 Å². The standard InChI is InChI=1S/C11H20N4O2/c1-12-7-10-13-14-11(17-10)15(2)5-6-16-8-9-3-4-9/h9,12H,3-8H2,1-2H3. The minimum atomic E-state index is 0.547. The normalized spacial score (nSPS) is 15.2. The summed E-state index contributed by atoms with van der Waals surface area (Å²) in [4.78, 5) is 1.92. The first-order chi connectivity index (χ1) is 8.29. The van der Waals surface area contributed by atoms with E-state index in [1.807, 2.05) is 19.0 Å². The Hall–Kier alpha value is -1.14. The van der Waals surface area contributed by atoms with Gasteiger partial charge in [0.15, 0.2) is 0 Å². The van der Waals surface area contributed by atoms with Crippen LogP contribution in [0.15, 0.2) is 4.42 Å². The van der Waals surface area contributed by atoms with E-state index >= 15 is 0 Å². The van der Waals surface area contributed by atoms with Gasteiger partial charge in [-0.3, -0.25) is 0 Å². The highest BCUT2D eigenvalue weighted by Crippen LogP contribution is 2.28. The molecular formula is C11H20N4O2. The van der Waals surface area contributed by atoms with Gasteiger partial charge in [0.2, 0.25) is 5.89 Å². The number of rotatable bonds is 8. The summed E-state index contributed by atoms with van der Waals surface area (Å²) in [5, 5.41) is 10.9. The van der Waals surface area contributed by atoms with Crippen molar-refractivity contribution in [2.24, 2.45) is 5.92 Å². The monoisotopic (exact) mass is 240 g/mol. The summed E-state index contributed by atoms with van der Waals surface area (Å²) >= 11 is 0. The molecule has 1 fully saturated rings. The second kappa shape index (κ2) is 5.97. The summed E-state index contributed by atoms with van der Waals surface area (Å²) in [7, 11) is 3.77. The number of hydrogen-bond donors (Lipinski definition) is 1. The maximum absolute atomic E-state index is 5.56. The fourth-order valence-electron chi connectivity index (χ4n) is 1.45. The topological polar surface area (TPSA) is 63.4 Å². The van der Waals surface area contributed by atoms with Crippen LogP contribution in [0, 0.1) is 5.92 Å². The zero-order valence-corrected chi connectivity index (χ0v) is 10.5. The second-order valence-corrected chi connectivity index (χ2v) is 4.45. The van der Waals surface area contributed by atoms with E-state index in [1.165, 1.54) is 12.8 Å². The molecule has 0 atom stereocenters. The molecule has 0 unspecified atom stereocenters. The van der Waals surface area contributed by atoms with Crippen LogP contribution in [0.2, 0.25) is 0 Å². The van der Waals surface area contributed by atoms with Crippen LogP contribution in [-0.4, -0.2) is 44.1 Å². The number of anilines is 1. The van der Waals surface area contributed by atoms with Gasteiger partial charge in [-0.1, -0.05) is 5.10 Å². The predicted octanol–water partition coefficient (Wildman–Crippen LogP) is 0.652. The van der Waals surface area contributed by atoms with E-state index in [-0.39, 0.29) is 0 Å². The van der Waals surface area contributed by atoms with Crippen LogP contribution in [0.25, 0.3) is 0 Å². The smallest absolute Gasteiger partial charge is 0.318 e. The number of ether oxygens (including phenoxy) is 1. The maximum atomic E-state index is 5.56. The molecule has 6 heteroatoms. The van der Waals surface area contributed by atoms with Crippen molar-refractivity contribution in [2.75, 3.05) is 38.8 Å². The lowest BCUT2D eigenvalue weighted by molar-refractivity contribution is 0.130. The summed E-state index contributed by atoms with van der Waals surface area (Å²) in [6, 6.07) is 0.547. The Kier molecular flexibility index (Phi) is 4.33. The van der Waals surface area contributed by atoms with Gasteiger partial charge in [-0.2, -0.15) is 0 Å². The van der Waals surface area contributed by atoms with E-state index in [1.54, 1.807) is 0 Å². The molecule has 1 aliphatic rings. The lowest BCUT2D eigenvalue weighted by Gasteiger charge is -2.13. The fraction of sp³-hybridized carbons (Fsp3) is 0.818. The van der Waals surface area contributed by atoms with E-state index in [0.29, 0.717) is 25.1 Å². The number of hydrogen-bond acceptors (Lipinski definition) is 6. The summed E-state index contributed by atoms with van der Waals surface area (Å²) in [5.74, 6) is 1.42. The van der Waals surface area contributed by atoms with Crippen molar-refractivity contribution in [3.63, 3.8) is 0 Å². The molecule has 0 radical (unpaired) electrons. The molecule has 0 aliphatic heterocycles. The molecule has 1 heterocycles. The number of likely N-dealkylation sites (N-methyl/N-ethyl adjacent to an activating group) is 1. The molecule has 1 N–H and O–H groups in total. The molecule has 0 saturated heterocycles. The Morgan fingerprint density at radius 1 is 1.47 bits per heavy atom. The molecule has 0 amide bonds. The van der Waals surface area contributed by atoms with Crippen molar-refractivity contribution in [3.8, 4) is 0 Å². The van der Waals surface area contributed by atoms with Crippen molar-refractivity contribution in [1.82, 2.24) is 15.5 Å². The maximum Gasteiger partial charge on any atom is 0.318 e. The highest BCUT2D eigenvalue weighted by atomic mass is 16.5. The van der Waals surface area contributed by atoms with Crippen LogP contribution in [0.4, 0.5) is 6.01 Å². The average molecular weight is 240 g/mol. The van der Waals surface area contributed by atoms with E-state index in [2.05, 4.69) is 15.5 Å². The SMILES string of the molecule is CNCc1nnc(N(C)CCOCC2CC2)o1. The third-order valence-electron chi connectivity index (χ3n) is 2.73. The van der Waals surface area contributed by atoms with Crippen molar-refractivity contribution in [1.29, 1.82) is 0 Å². The quantitative estimate of drug-likeness (QED) is 0.673. The molecule has 96 valence electrons. The summed E-state index contributed by atoms with van der Waals surface area (Å²) < 4.78 is 11.0. The van der Waals surface area contributed by atoms with Crippen molar-refractivity contribution >= 4 is 6.01 Å². The van der Waals surface area contributed by atoms with E-state index in [9.17, 15) is 0 Å². The Morgan fingerprint density at radius 2 is 2.29 bits per heavy atom. The molecule has 1 saturated carbocycles. The van der Waals surface area contributed by atoms with Gasteiger partial charge < -0.3 is 19.4 Å². The van der Waals surface area contributed by atoms with Gasteiger partial charge in [0, 0.05) is 20.2 Å². The van der Waals surface area contributed by atoms with Crippen molar-refractivity contribution in [2.45, 2.75) is 19.4 Å². The van der Waals surface area contributed by atoms with Crippen molar-refractivity contribution < 1.29 is 9.15 Å². The van der Waals surface area contributed by atoms with Gasteiger partial charge in [0.1, 0.15) is 0 Å². The lowest BCUT2D eigenvalue weighted by atomic mass is 10.5. The molecule has 1 aliphatic carbocycles.